The molecule has 2 aromatic heterocycles. The third-order valence-corrected chi connectivity index (χ3v) is 11.6. The average Bonchev–Trinajstić information content (AvgIpc) is 3.58. The summed E-state index contributed by atoms with van der Waals surface area (Å²) in [7, 11) is 0. The summed E-state index contributed by atoms with van der Waals surface area (Å²) in [6.45, 7) is 4.56. The van der Waals surface area contributed by atoms with Gasteiger partial charge >= 0.3 is 6.01 Å². The maximum absolute atomic E-state index is 14.6. The molecule has 0 aromatic carbocycles. The standard InChI is InChI=1S/C26H32F2N8O2S2/c1-24(37)5-15(27)8-34(11-24)21-31-22(33-23(32-21)38-14-25-3-2-4-36(25)9-16(28)6-25)35-12-26(13-35)19-17(7-29)20(30)40-18(19)10-39-26/h15-16,37H,2-6,8-14,30H2,1H3/t15-,16+,24+,25-/m0/s1. The van der Waals surface area contributed by atoms with Crippen molar-refractivity contribution in [1.29, 1.82) is 5.26 Å². The van der Waals surface area contributed by atoms with E-state index in [1.807, 2.05) is 4.90 Å². The zero-order valence-electron chi connectivity index (χ0n) is 22.3. The highest BCUT2D eigenvalue weighted by Crippen LogP contribution is 2.57. The fourth-order valence-corrected chi connectivity index (χ4v) is 10.0. The summed E-state index contributed by atoms with van der Waals surface area (Å²) in [5.74, 6) is 1.46. The van der Waals surface area contributed by atoms with E-state index >= 15 is 0 Å². The SMILES string of the molecule is C[C@@]1(O)C[C@H](F)CN(c2nc(OC[C@@]34CCCN3C[C@H](F)C4)nc(N3CC4(C3)SCc3sc(N)c(C#N)c34)n2)C1. The molecule has 3 N–H and O–H groups in total. The van der Waals surface area contributed by atoms with Crippen molar-refractivity contribution in [3.8, 4) is 12.1 Å². The number of nitrogen functional groups attached to an aromatic ring is 1. The van der Waals surface area contributed by atoms with E-state index in [2.05, 4.69) is 20.9 Å². The van der Waals surface area contributed by atoms with Crippen molar-refractivity contribution in [1.82, 2.24) is 19.9 Å². The second kappa shape index (κ2) is 9.27. The van der Waals surface area contributed by atoms with Crippen LogP contribution in [0.1, 0.15) is 48.6 Å². The Bertz CT molecular complexity index is 1380. The molecule has 4 atom stereocenters. The first-order valence-corrected chi connectivity index (χ1v) is 15.5. The fraction of sp³-hybridized carbons (Fsp3) is 0.692. The predicted octanol–water partition coefficient (Wildman–Crippen LogP) is 2.60. The molecule has 0 unspecified atom stereocenters. The number of hydrogen-bond acceptors (Lipinski definition) is 12. The first kappa shape index (κ1) is 26.4. The molecule has 5 aliphatic heterocycles. The molecule has 0 saturated carbocycles. The lowest BCUT2D eigenvalue weighted by Gasteiger charge is -2.48. The Labute approximate surface area is 239 Å². The number of piperidine rings is 1. The molecular weight excluding hydrogens is 558 g/mol. The minimum Gasteiger partial charge on any atom is -0.461 e. The number of aliphatic hydroxyl groups is 1. The van der Waals surface area contributed by atoms with Gasteiger partial charge in [-0.1, -0.05) is 0 Å². The van der Waals surface area contributed by atoms with Gasteiger partial charge in [0.25, 0.3) is 0 Å². The van der Waals surface area contributed by atoms with Crippen LogP contribution >= 0.6 is 23.1 Å². The van der Waals surface area contributed by atoms with E-state index in [0.717, 1.165) is 35.6 Å². The highest BCUT2D eigenvalue weighted by atomic mass is 32.2. The van der Waals surface area contributed by atoms with Crippen molar-refractivity contribution >= 4 is 40.0 Å². The van der Waals surface area contributed by atoms with Gasteiger partial charge in [0.2, 0.25) is 11.9 Å². The number of rotatable bonds is 5. The van der Waals surface area contributed by atoms with Crippen LogP contribution in [0.3, 0.4) is 0 Å². The van der Waals surface area contributed by atoms with Gasteiger partial charge in [0.05, 0.1) is 28.0 Å². The second-order valence-electron chi connectivity index (χ2n) is 12.2. The van der Waals surface area contributed by atoms with E-state index in [-0.39, 0.29) is 48.4 Å². The number of thiophene rings is 1. The zero-order chi connectivity index (χ0) is 27.9. The Morgan fingerprint density at radius 1 is 1.12 bits per heavy atom. The van der Waals surface area contributed by atoms with Crippen LogP contribution in [-0.4, -0.2) is 94.3 Å². The van der Waals surface area contributed by atoms with Crippen molar-refractivity contribution in [3.63, 3.8) is 0 Å². The summed E-state index contributed by atoms with van der Waals surface area (Å²) in [5.41, 5.74) is 6.14. The van der Waals surface area contributed by atoms with Gasteiger partial charge < -0.3 is 25.4 Å². The van der Waals surface area contributed by atoms with Crippen molar-refractivity contribution in [2.45, 2.75) is 66.6 Å². The number of thioether (sulfide) groups is 1. The zero-order valence-corrected chi connectivity index (χ0v) is 23.9. The maximum atomic E-state index is 14.6. The second-order valence-corrected chi connectivity index (χ2v) is 14.6. The number of nitrogens with zero attached hydrogens (tertiary/aromatic N) is 7. The molecule has 5 aliphatic rings. The molecule has 0 bridgehead atoms. The number of aromatic nitrogens is 3. The van der Waals surface area contributed by atoms with Crippen LogP contribution in [0.4, 0.5) is 25.7 Å². The van der Waals surface area contributed by atoms with E-state index in [1.54, 1.807) is 23.6 Å². The van der Waals surface area contributed by atoms with Crippen LogP contribution in [0.25, 0.3) is 0 Å². The van der Waals surface area contributed by atoms with Crippen LogP contribution in [0.2, 0.25) is 0 Å². The maximum Gasteiger partial charge on any atom is 0.323 e. The molecule has 4 saturated heterocycles. The Morgan fingerprint density at radius 2 is 1.88 bits per heavy atom. The van der Waals surface area contributed by atoms with E-state index in [0.29, 0.717) is 42.6 Å². The summed E-state index contributed by atoms with van der Waals surface area (Å²) >= 11 is 3.29. The van der Waals surface area contributed by atoms with E-state index in [4.69, 9.17) is 15.5 Å². The number of nitrogens with two attached hydrogens (primary N) is 1. The summed E-state index contributed by atoms with van der Waals surface area (Å²) in [6.07, 6.45) is 0.227. The van der Waals surface area contributed by atoms with Crippen molar-refractivity contribution in [3.05, 3.63) is 16.0 Å². The molecule has 1 spiro atoms. The number of alkyl halides is 2. The lowest BCUT2D eigenvalue weighted by atomic mass is 9.88. The Morgan fingerprint density at radius 3 is 2.62 bits per heavy atom. The molecular formula is C26H32F2N8O2S2. The molecule has 0 amide bonds. The van der Waals surface area contributed by atoms with Crippen molar-refractivity contribution < 1.29 is 18.6 Å². The van der Waals surface area contributed by atoms with Gasteiger partial charge in [-0.3, -0.25) is 4.90 Å². The summed E-state index contributed by atoms with van der Waals surface area (Å²) < 4.78 is 34.9. The van der Waals surface area contributed by atoms with E-state index in [1.165, 1.54) is 11.3 Å². The predicted molar refractivity (Wildman–Crippen MR) is 149 cm³/mol. The van der Waals surface area contributed by atoms with Crippen molar-refractivity contribution in [2.75, 3.05) is 61.4 Å². The number of ether oxygens (including phenoxy) is 1. The number of hydrogen-bond donors (Lipinski definition) is 2. The van der Waals surface area contributed by atoms with E-state index < -0.39 is 17.9 Å². The first-order chi connectivity index (χ1) is 19.1. The Hall–Kier alpha value is -2.47. The van der Waals surface area contributed by atoms with E-state index in [9.17, 15) is 19.1 Å². The topological polar surface area (TPSA) is 128 Å². The van der Waals surface area contributed by atoms with Crippen molar-refractivity contribution in [2.24, 2.45) is 0 Å². The largest absolute Gasteiger partial charge is 0.461 e. The lowest BCUT2D eigenvalue weighted by Crippen LogP contribution is -2.57. The third-order valence-electron chi connectivity index (χ3n) is 8.95. The number of halogens is 2. The molecule has 10 nitrogen and oxygen atoms in total. The van der Waals surface area contributed by atoms with Crippen LogP contribution in [0.15, 0.2) is 0 Å². The summed E-state index contributed by atoms with van der Waals surface area (Å²) in [4.78, 5) is 20.9. The number of nitriles is 1. The van der Waals surface area contributed by atoms with Gasteiger partial charge in [0.1, 0.15) is 30.0 Å². The lowest BCUT2D eigenvalue weighted by molar-refractivity contribution is 0.0160. The Balaban J connectivity index is 1.18. The van der Waals surface area contributed by atoms with Crippen LogP contribution < -0.4 is 20.3 Å². The molecule has 14 heteroatoms. The highest BCUT2D eigenvalue weighted by Gasteiger charge is 2.53. The monoisotopic (exact) mass is 590 g/mol. The molecule has 214 valence electrons. The van der Waals surface area contributed by atoms with Gasteiger partial charge in [0, 0.05) is 55.2 Å². The normalized spacial score (nSPS) is 32.7. The summed E-state index contributed by atoms with van der Waals surface area (Å²) in [5, 5.41) is 21.0. The Kier molecular flexibility index (Phi) is 6.13. The molecule has 0 radical (unpaired) electrons. The number of fused-ring (bicyclic) bond motifs is 3. The smallest absolute Gasteiger partial charge is 0.323 e. The van der Waals surface area contributed by atoms with Gasteiger partial charge in [0.15, 0.2) is 0 Å². The highest BCUT2D eigenvalue weighted by molar-refractivity contribution is 8.00. The van der Waals surface area contributed by atoms with Gasteiger partial charge in [-0.05, 0) is 26.3 Å². The molecule has 7 rings (SSSR count). The molecule has 0 aliphatic carbocycles. The molecule has 2 aromatic rings. The number of anilines is 3. The average molecular weight is 591 g/mol. The van der Waals surface area contributed by atoms with Gasteiger partial charge in [-0.15, -0.1) is 23.1 Å². The minimum atomic E-state index is -1.23. The molecule has 7 heterocycles. The first-order valence-electron chi connectivity index (χ1n) is 13.7. The summed E-state index contributed by atoms with van der Waals surface area (Å²) in [6, 6.07) is 2.40. The fourth-order valence-electron chi connectivity index (χ4n) is 7.23. The molecule has 4 fully saturated rings. The van der Waals surface area contributed by atoms with Crippen LogP contribution in [0, 0.1) is 11.3 Å². The quantitative estimate of drug-likeness (QED) is 0.533. The van der Waals surface area contributed by atoms with Gasteiger partial charge in [-0.25, -0.2) is 8.78 Å². The van der Waals surface area contributed by atoms with Crippen LogP contribution in [-0.2, 0) is 10.5 Å². The minimum absolute atomic E-state index is 0.0484. The third kappa shape index (κ3) is 4.28. The number of β-amino-alcohol motifs (C(OH)–C–C–N with tert-alkyl or cyclic N) is 1. The molecule has 40 heavy (non-hydrogen) atoms. The van der Waals surface area contributed by atoms with Gasteiger partial charge in [-0.2, -0.15) is 20.2 Å². The van der Waals surface area contributed by atoms with Crippen LogP contribution in [0.5, 0.6) is 6.01 Å².